The van der Waals surface area contributed by atoms with Gasteiger partial charge in [-0.15, -0.1) is 0 Å². The molecule has 0 fully saturated rings. The fraction of sp³-hybridized carbons (Fsp3) is 0.368. The zero-order valence-corrected chi connectivity index (χ0v) is 12.8. The van der Waals surface area contributed by atoms with Crippen molar-refractivity contribution in [3.63, 3.8) is 0 Å². The fourth-order valence-electron chi connectivity index (χ4n) is 2.48. The molecule has 0 saturated heterocycles. The Balaban J connectivity index is 2.17. The second-order valence-corrected chi connectivity index (χ2v) is 5.54. The van der Waals surface area contributed by atoms with Crippen LogP contribution in [0.3, 0.4) is 0 Å². The Morgan fingerprint density at radius 3 is 2.35 bits per heavy atom. The van der Waals surface area contributed by atoms with Crippen LogP contribution >= 0.6 is 0 Å². The molecule has 0 bridgehead atoms. The van der Waals surface area contributed by atoms with Crippen LogP contribution in [-0.4, -0.2) is 6.54 Å². The van der Waals surface area contributed by atoms with E-state index in [1.807, 2.05) is 0 Å². The first kappa shape index (κ1) is 14.8. The topological polar surface area (TPSA) is 12.0 Å². The number of rotatable bonds is 6. The lowest BCUT2D eigenvalue weighted by Crippen LogP contribution is -2.24. The zero-order chi connectivity index (χ0) is 14.4. The first-order chi connectivity index (χ1) is 9.70. The van der Waals surface area contributed by atoms with E-state index < -0.39 is 0 Å². The predicted octanol–water partition coefficient (Wildman–Crippen LogP) is 4.59. The lowest BCUT2D eigenvalue weighted by atomic mass is 9.96. The minimum atomic E-state index is 0.401. The molecule has 0 aliphatic heterocycles. The third-order valence-electron chi connectivity index (χ3n) is 3.85. The summed E-state index contributed by atoms with van der Waals surface area (Å²) in [5, 5.41) is 3.67. The summed E-state index contributed by atoms with van der Waals surface area (Å²) in [5.74, 6) is 0. The molecule has 0 heterocycles. The van der Waals surface area contributed by atoms with Gasteiger partial charge in [-0.1, -0.05) is 55.5 Å². The third kappa shape index (κ3) is 3.94. The van der Waals surface area contributed by atoms with Gasteiger partial charge in [-0.2, -0.15) is 0 Å². The molecule has 0 aliphatic rings. The zero-order valence-electron chi connectivity index (χ0n) is 12.8. The molecule has 2 aromatic carbocycles. The van der Waals surface area contributed by atoms with Gasteiger partial charge in [-0.25, -0.2) is 0 Å². The molecule has 106 valence electrons. The van der Waals surface area contributed by atoms with Crippen molar-refractivity contribution in [3.8, 4) is 0 Å². The summed E-state index contributed by atoms with van der Waals surface area (Å²) >= 11 is 0. The smallest absolute Gasteiger partial charge is 0.0360 e. The minimum absolute atomic E-state index is 0.401. The van der Waals surface area contributed by atoms with Crippen LogP contribution in [0, 0.1) is 13.8 Å². The van der Waals surface area contributed by atoms with Crippen LogP contribution in [0.5, 0.6) is 0 Å². The van der Waals surface area contributed by atoms with Crippen molar-refractivity contribution in [1.82, 2.24) is 5.32 Å². The first-order valence-electron chi connectivity index (χ1n) is 7.55. The van der Waals surface area contributed by atoms with Crippen molar-refractivity contribution >= 4 is 0 Å². The van der Waals surface area contributed by atoms with Crippen LogP contribution < -0.4 is 5.32 Å². The SMILES string of the molecule is CCCNC(Cc1ccc(C)c(C)c1)c1ccccc1. The Kier molecular flexibility index (Phi) is 5.37. The second-order valence-electron chi connectivity index (χ2n) is 5.54. The molecule has 1 N–H and O–H groups in total. The van der Waals surface area contributed by atoms with E-state index in [-0.39, 0.29) is 0 Å². The van der Waals surface area contributed by atoms with Crippen molar-refractivity contribution in [2.45, 2.75) is 39.7 Å². The second kappa shape index (κ2) is 7.25. The molecule has 1 nitrogen and oxygen atoms in total. The normalized spacial score (nSPS) is 12.3. The highest BCUT2D eigenvalue weighted by Gasteiger charge is 2.11. The van der Waals surface area contributed by atoms with Crippen molar-refractivity contribution in [3.05, 3.63) is 70.8 Å². The van der Waals surface area contributed by atoms with Gasteiger partial charge in [0.05, 0.1) is 0 Å². The Morgan fingerprint density at radius 1 is 0.950 bits per heavy atom. The maximum absolute atomic E-state index is 3.67. The monoisotopic (exact) mass is 267 g/mol. The fourth-order valence-corrected chi connectivity index (χ4v) is 2.48. The van der Waals surface area contributed by atoms with Crippen LogP contribution in [0.15, 0.2) is 48.5 Å². The average Bonchev–Trinajstić information content (AvgIpc) is 2.48. The number of nitrogens with one attached hydrogen (secondary N) is 1. The van der Waals surface area contributed by atoms with E-state index in [4.69, 9.17) is 0 Å². The summed E-state index contributed by atoms with van der Waals surface area (Å²) in [6.45, 7) is 7.63. The van der Waals surface area contributed by atoms with Gasteiger partial charge in [0, 0.05) is 6.04 Å². The maximum Gasteiger partial charge on any atom is 0.0360 e. The first-order valence-corrected chi connectivity index (χ1v) is 7.55. The molecular weight excluding hydrogens is 242 g/mol. The molecule has 2 rings (SSSR count). The highest BCUT2D eigenvalue weighted by Crippen LogP contribution is 2.20. The van der Waals surface area contributed by atoms with Crippen LogP contribution in [0.4, 0.5) is 0 Å². The van der Waals surface area contributed by atoms with E-state index >= 15 is 0 Å². The van der Waals surface area contributed by atoms with Gasteiger partial charge in [0.2, 0.25) is 0 Å². The van der Waals surface area contributed by atoms with E-state index in [1.54, 1.807) is 0 Å². The molecule has 0 aromatic heterocycles. The summed E-state index contributed by atoms with van der Waals surface area (Å²) < 4.78 is 0. The van der Waals surface area contributed by atoms with Gasteiger partial charge < -0.3 is 5.32 Å². The predicted molar refractivity (Wildman–Crippen MR) is 87.1 cm³/mol. The molecule has 1 unspecified atom stereocenters. The summed E-state index contributed by atoms with van der Waals surface area (Å²) in [6, 6.07) is 18.0. The van der Waals surface area contributed by atoms with Gasteiger partial charge in [0.15, 0.2) is 0 Å². The quantitative estimate of drug-likeness (QED) is 0.807. The van der Waals surface area contributed by atoms with Gasteiger partial charge in [0.1, 0.15) is 0 Å². The summed E-state index contributed by atoms with van der Waals surface area (Å²) in [4.78, 5) is 0. The van der Waals surface area contributed by atoms with Crippen LogP contribution in [0.1, 0.15) is 41.6 Å². The molecule has 20 heavy (non-hydrogen) atoms. The Morgan fingerprint density at radius 2 is 1.70 bits per heavy atom. The van der Waals surface area contributed by atoms with Crippen molar-refractivity contribution in [2.75, 3.05) is 6.54 Å². The minimum Gasteiger partial charge on any atom is -0.310 e. The Labute approximate surface area is 123 Å². The van der Waals surface area contributed by atoms with Gasteiger partial charge in [0.25, 0.3) is 0 Å². The van der Waals surface area contributed by atoms with E-state index in [1.165, 1.54) is 22.3 Å². The Hall–Kier alpha value is -1.60. The van der Waals surface area contributed by atoms with Crippen LogP contribution in [-0.2, 0) is 6.42 Å². The molecule has 0 saturated carbocycles. The summed E-state index contributed by atoms with van der Waals surface area (Å²) in [5.41, 5.74) is 5.53. The average molecular weight is 267 g/mol. The molecule has 1 heteroatoms. The molecule has 0 amide bonds. The van der Waals surface area contributed by atoms with E-state index in [9.17, 15) is 0 Å². The maximum atomic E-state index is 3.67. The van der Waals surface area contributed by atoms with Crippen LogP contribution in [0.2, 0.25) is 0 Å². The largest absolute Gasteiger partial charge is 0.310 e. The van der Waals surface area contributed by atoms with Crippen LogP contribution in [0.25, 0.3) is 0 Å². The van der Waals surface area contributed by atoms with Crippen molar-refractivity contribution < 1.29 is 0 Å². The lowest BCUT2D eigenvalue weighted by Gasteiger charge is -2.19. The summed E-state index contributed by atoms with van der Waals surface area (Å²) in [7, 11) is 0. The van der Waals surface area contributed by atoms with E-state index in [2.05, 4.69) is 74.6 Å². The molecule has 0 radical (unpaired) electrons. The van der Waals surface area contributed by atoms with Crippen molar-refractivity contribution in [1.29, 1.82) is 0 Å². The molecule has 1 atom stereocenters. The van der Waals surface area contributed by atoms with E-state index in [0.29, 0.717) is 6.04 Å². The number of hydrogen-bond acceptors (Lipinski definition) is 1. The summed E-state index contributed by atoms with van der Waals surface area (Å²) in [6.07, 6.45) is 2.21. The van der Waals surface area contributed by atoms with Gasteiger partial charge in [-0.05, 0) is 55.5 Å². The third-order valence-corrected chi connectivity index (χ3v) is 3.85. The van der Waals surface area contributed by atoms with Gasteiger partial charge >= 0.3 is 0 Å². The highest BCUT2D eigenvalue weighted by atomic mass is 14.9. The molecule has 0 spiro atoms. The lowest BCUT2D eigenvalue weighted by molar-refractivity contribution is 0.529. The molecular formula is C19H25N. The number of benzene rings is 2. The highest BCUT2D eigenvalue weighted by molar-refractivity contribution is 5.31. The molecule has 2 aromatic rings. The Bertz CT molecular complexity index is 531. The molecule has 0 aliphatic carbocycles. The number of aryl methyl sites for hydroxylation is 2. The van der Waals surface area contributed by atoms with Gasteiger partial charge in [-0.3, -0.25) is 0 Å². The van der Waals surface area contributed by atoms with E-state index in [0.717, 1.165) is 19.4 Å². The van der Waals surface area contributed by atoms with Crippen molar-refractivity contribution in [2.24, 2.45) is 0 Å². The standard InChI is InChI=1S/C19H25N/c1-4-12-20-19(18-8-6-5-7-9-18)14-17-11-10-15(2)16(3)13-17/h5-11,13,19-20H,4,12,14H2,1-3H3. The number of hydrogen-bond donors (Lipinski definition) is 1.